The average molecular weight is 482 g/mol. The predicted molar refractivity (Wildman–Crippen MR) is 89.8 cm³/mol. The Morgan fingerprint density at radius 1 is 1.06 bits per heavy atom. The minimum Gasteiger partial charge on any atom is -0.384 e. The molecule has 1 N–H and O–H groups in total. The quantitative estimate of drug-likeness (QED) is 0.584. The van der Waals surface area contributed by atoms with Crippen LogP contribution in [0.15, 0.2) is 45.3 Å². The van der Waals surface area contributed by atoms with Gasteiger partial charge in [0, 0.05) is 18.1 Å². The van der Waals surface area contributed by atoms with Crippen LogP contribution in [0.3, 0.4) is 0 Å². The first-order valence-corrected chi connectivity index (χ1v) is 8.04. The normalized spacial score (nSPS) is 12.5. The summed E-state index contributed by atoms with van der Waals surface area (Å²) in [4.78, 5) is 0. The van der Waals surface area contributed by atoms with Crippen molar-refractivity contribution in [3.05, 3.63) is 65.6 Å². The van der Waals surface area contributed by atoms with E-state index in [-0.39, 0.29) is 0 Å². The van der Waals surface area contributed by atoms with Gasteiger partial charge in [-0.05, 0) is 64.9 Å². The molecular weight excluding hydrogens is 471 g/mol. The maximum atomic E-state index is 10.4. The summed E-state index contributed by atoms with van der Waals surface area (Å²) in [5.41, 5.74) is 2.90. The molecule has 0 aromatic heterocycles. The van der Waals surface area contributed by atoms with Gasteiger partial charge in [-0.25, -0.2) is 0 Å². The van der Waals surface area contributed by atoms with Crippen molar-refractivity contribution < 1.29 is 5.11 Å². The zero-order chi connectivity index (χ0) is 13.3. The van der Waals surface area contributed by atoms with Crippen molar-refractivity contribution in [1.29, 1.82) is 0 Å². The molecule has 0 spiro atoms. The maximum Gasteiger partial charge on any atom is 0.105 e. The van der Waals surface area contributed by atoms with E-state index in [0.717, 1.165) is 29.2 Å². The Bertz CT molecular complexity index is 567. The van der Waals surface area contributed by atoms with Gasteiger partial charge in [0.05, 0.1) is 0 Å². The molecule has 1 nitrogen and oxygen atoms in total. The van der Waals surface area contributed by atoms with E-state index in [1.807, 2.05) is 43.3 Å². The number of hydrogen-bond acceptors (Lipinski definition) is 1. The molecule has 2 aromatic carbocycles. The second kappa shape index (κ2) is 6.03. The first-order valence-electron chi connectivity index (χ1n) is 5.38. The molecule has 1 atom stereocenters. The zero-order valence-corrected chi connectivity index (χ0v) is 15.0. The first-order chi connectivity index (χ1) is 8.49. The van der Waals surface area contributed by atoms with Gasteiger partial charge >= 0.3 is 0 Å². The van der Waals surface area contributed by atoms with Gasteiger partial charge in [0.1, 0.15) is 6.10 Å². The molecule has 0 aliphatic carbocycles. The van der Waals surface area contributed by atoms with Gasteiger partial charge in [-0.1, -0.05) is 44.0 Å². The van der Waals surface area contributed by atoms with E-state index < -0.39 is 6.10 Å². The minimum absolute atomic E-state index is 0.617. The number of hydrogen-bond donors (Lipinski definition) is 1. The largest absolute Gasteiger partial charge is 0.384 e. The van der Waals surface area contributed by atoms with Gasteiger partial charge in [-0.15, -0.1) is 0 Å². The highest BCUT2D eigenvalue weighted by Gasteiger charge is 2.15. The number of aliphatic hydroxyl groups is 1. The lowest BCUT2D eigenvalue weighted by atomic mass is 10.0. The average Bonchev–Trinajstić information content (AvgIpc) is 2.34. The highest BCUT2D eigenvalue weighted by Crippen LogP contribution is 2.33. The molecule has 0 amide bonds. The number of rotatable bonds is 2. The van der Waals surface area contributed by atoms with Crippen LogP contribution in [0.1, 0.15) is 22.8 Å². The van der Waals surface area contributed by atoms with E-state index in [9.17, 15) is 5.11 Å². The van der Waals surface area contributed by atoms with Crippen molar-refractivity contribution in [2.45, 2.75) is 13.0 Å². The first kappa shape index (κ1) is 14.5. The summed E-state index contributed by atoms with van der Waals surface area (Å²) in [6, 6.07) is 11.9. The predicted octanol–water partition coefficient (Wildman–Crippen LogP) is 5.21. The summed E-state index contributed by atoms with van der Waals surface area (Å²) in [7, 11) is 0. The molecule has 0 heterocycles. The van der Waals surface area contributed by atoms with Crippen LogP contribution in [0.25, 0.3) is 0 Å². The summed E-state index contributed by atoms with van der Waals surface area (Å²) in [5, 5.41) is 10.4. The summed E-state index contributed by atoms with van der Waals surface area (Å²) in [5.74, 6) is 0. The van der Waals surface area contributed by atoms with Crippen molar-refractivity contribution in [3.63, 3.8) is 0 Å². The van der Waals surface area contributed by atoms with E-state index in [1.54, 1.807) is 0 Å². The second-order valence-corrected chi connectivity index (χ2v) is 7.03. The molecule has 0 aliphatic heterocycles. The Labute approximate surface area is 137 Å². The Morgan fingerprint density at radius 3 is 2.28 bits per heavy atom. The van der Waals surface area contributed by atoms with E-state index in [0.29, 0.717) is 0 Å². The third kappa shape index (κ3) is 3.15. The molecule has 0 fully saturated rings. The topological polar surface area (TPSA) is 20.2 Å². The lowest BCUT2D eigenvalue weighted by Gasteiger charge is -2.15. The fraction of sp³-hybridized carbons (Fsp3) is 0.143. The van der Waals surface area contributed by atoms with Gasteiger partial charge in [0.25, 0.3) is 0 Å². The fourth-order valence-corrected chi connectivity index (χ4v) is 3.09. The molecule has 0 saturated carbocycles. The van der Waals surface area contributed by atoms with Crippen LogP contribution in [0, 0.1) is 10.5 Å². The summed E-state index contributed by atoms with van der Waals surface area (Å²) >= 11 is 9.26. The number of aliphatic hydroxyl groups excluding tert-OH is 1. The standard InChI is InChI=1S/C14H11Br2IO/c1-8-6-13(16)11(7-12(8)15)14(18)9-2-4-10(17)5-3-9/h2-7,14,18H,1H3. The van der Waals surface area contributed by atoms with E-state index in [2.05, 4.69) is 54.5 Å². The summed E-state index contributed by atoms with van der Waals surface area (Å²) in [6.07, 6.45) is -0.617. The van der Waals surface area contributed by atoms with Crippen LogP contribution in [0.4, 0.5) is 0 Å². The number of halogens is 3. The molecule has 0 bridgehead atoms. The SMILES string of the molecule is Cc1cc(Br)c(C(O)c2ccc(I)cc2)cc1Br. The second-order valence-electron chi connectivity index (χ2n) is 4.08. The molecule has 1 unspecified atom stereocenters. The van der Waals surface area contributed by atoms with Gasteiger partial charge in [0.15, 0.2) is 0 Å². The molecular formula is C14H11Br2IO. The van der Waals surface area contributed by atoms with Crippen LogP contribution in [0.5, 0.6) is 0 Å². The Kier molecular flexibility index (Phi) is 4.86. The van der Waals surface area contributed by atoms with Gasteiger partial charge in [-0.3, -0.25) is 0 Å². The van der Waals surface area contributed by atoms with Crippen LogP contribution < -0.4 is 0 Å². The fourth-order valence-electron chi connectivity index (χ4n) is 1.70. The highest BCUT2D eigenvalue weighted by atomic mass is 127. The van der Waals surface area contributed by atoms with Gasteiger partial charge in [0.2, 0.25) is 0 Å². The third-order valence-corrected chi connectivity index (χ3v) is 5.02. The van der Waals surface area contributed by atoms with Crippen molar-refractivity contribution >= 4 is 54.5 Å². The monoisotopic (exact) mass is 480 g/mol. The highest BCUT2D eigenvalue weighted by molar-refractivity contribution is 14.1. The lowest BCUT2D eigenvalue weighted by molar-refractivity contribution is 0.219. The molecule has 2 aromatic rings. The molecule has 0 radical (unpaired) electrons. The smallest absolute Gasteiger partial charge is 0.105 e. The number of benzene rings is 2. The molecule has 0 aliphatic rings. The summed E-state index contributed by atoms with van der Waals surface area (Å²) in [6.45, 7) is 2.02. The van der Waals surface area contributed by atoms with Crippen LogP contribution in [-0.4, -0.2) is 5.11 Å². The third-order valence-electron chi connectivity index (χ3n) is 2.76. The number of aryl methyl sites for hydroxylation is 1. The molecule has 18 heavy (non-hydrogen) atoms. The van der Waals surface area contributed by atoms with Crippen molar-refractivity contribution in [2.75, 3.05) is 0 Å². The molecule has 2 rings (SSSR count). The van der Waals surface area contributed by atoms with Gasteiger partial charge < -0.3 is 5.11 Å². The Morgan fingerprint density at radius 2 is 1.67 bits per heavy atom. The van der Waals surface area contributed by atoms with E-state index >= 15 is 0 Å². The van der Waals surface area contributed by atoms with Crippen LogP contribution in [0.2, 0.25) is 0 Å². The van der Waals surface area contributed by atoms with Crippen LogP contribution >= 0.6 is 54.5 Å². The molecule has 0 saturated heterocycles. The van der Waals surface area contributed by atoms with Crippen molar-refractivity contribution in [1.82, 2.24) is 0 Å². The summed E-state index contributed by atoms with van der Waals surface area (Å²) < 4.78 is 3.09. The maximum absolute atomic E-state index is 10.4. The van der Waals surface area contributed by atoms with Crippen molar-refractivity contribution in [3.8, 4) is 0 Å². The van der Waals surface area contributed by atoms with E-state index in [1.165, 1.54) is 0 Å². The Balaban J connectivity index is 2.42. The van der Waals surface area contributed by atoms with Crippen LogP contribution in [-0.2, 0) is 0 Å². The lowest BCUT2D eigenvalue weighted by Crippen LogP contribution is -2.01. The zero-order valence-electron chi connectivity index (χ0n) is 9.62. The van der Waals surface area contributed by atoms with Gasteiger partial charge in [-0.2, -0.15) is 0 Å². The molecule has 94 valence electrons. The minimum atomic E-state index is -0.617. The Hall–Kier alpha value is 0.0900. The van der Waals surface area contributed by atoms with E-state index in [4.69, 9.17) is 0 Å². The molecule has 4 heteroatoms. The van der Waals surface area contributed by atoms with Crippen molar-refractivity contribution in [2.24, 2.45) is 0 Å².